The Labute approximate surface area is 96.2 Å². The molecule has 86 valence electrons. The first-order valence-corrected chi connectivity index (χ1v) is 6.15. The van der Waals surface area contributed by atoms with Crippen LogP contribution < -0.4 is 5.73 Å². The first-order valence-electron chi connectivity index (χ1n) is 4.75. The van der Waals surface area contributed by atoms with E-state index in [-0.39, 0.29) is 6.04 Å². The Morgan fingerprint density at radius 2 is 2.50 bits per heavy atom. The van der Waals surface area contributed by atoms with E-state index in [0.29, 0.717) is 17.4 Å². The van der Waals surface area contributed by atoms with Crippen LogP contribution in [0, 0.1) is 0 Å². The van der Waals surface area contributed by atoms with Crippen molar-refractivity contribution in [3.8, 4) is 11.5 Å². The molecule has 0 radical (unpaired) electrons. The molecule has 3 N–H and O–H groups in total. The van der Waals surface area contributed by atoms with Crippen molar-refractivity contribution in [2.75, 3.05) is 12.0 Å². The number of nitrogens with one attached hydrogen (secondary N) is 1. The van der Waals surface area contributed by atoms with Crippen LogP contribution in [0.4, 0.5) is 0 Å². The van der Waals surface area contributed by atoms with Crippen molar-refractivity contribution >= 4 is 11.8 Å². The van der Waals surface area contributed by atoms with E-state index in [9.17, 15) is 0 Å². The molecule has 2 aromatic rings. The average molecular weight is 240 g/mol. The van der Waals surface area contributed by atoms with E-state index < -0.39 is 0 Å². The number of hydrogen-bond donors (Lipinski definition) is 2. The maximum Gasteiger partial charge on any atom is 0.243 e. The van der Waals surface area contributed by atoms with Crippen LogP contribution in [0.15, 0.2) is 10.7 Å². The summed E-state index contributed by atoms with van der Waals surface area (Å²) in [5, 5.41) is 13.8. The molecule has 0 bridgehead atoms. The van der Waals surface area contributed by atoms with Gasteiger partial charge in [0.2, 0.25) is 11.7 Å². The molecule has 0 saturated heterocycles. The summed E-state index contributed by atoms with van der Waals surface area (Å²) in [6.45, 7) is 0. The van der Waals surface area contributed by atoms with E-state index in [1.807, 2.05) is 6.26 Å². The highest BCUT2D eigenvalue weighted by Gasteiger charge is 2.16. The lowest BCUT2D eigenvalue weighted by atomic mass is 10.2. The standard InChI is InChI=1S/C8H12N6OS/c1-16-3-2-5(9)8-11-7(13-15-8)6-4-10-14-12-6/h4-5H,2-3,9H2,1H3,(H,10,12,14)/t5-/m0/s1. The van der Waals surface area contributed by atoms with Crippen LogP contribution in [-0.4, -0.2) is 37.6 Å². The van der Waals surface area contributed by atoms with Crippen molar-refractivity contribution in [3.63, 3.8) is 0 Å². The zero-order valence-electron chi connectivity index (χ0n) is 8.75. The molecule has 0 unspecified atom stereocenters. The predicted molar refractivity (Wildman–Crippen MR) is 59.6 cm³/mol. The van der Waals surface area contributed by atoms with Gasteiger partial charge in [0.25, 0.3) is 0 Å². The topological polar surface area (TPSA) is 107 Å². The van der Waals surface area contributed by atoms with Gasteiger partial charge in [-0.3, -0.25) is 0 Å². The summed E-state index contributed by atoms with van der Waals surface area (Å²) in [5.74, 6) is 1.80. The molecule has 2 rings (SSSR count). The quantitative estimate of drug-likeness (QED) is 0.788. The highest BCUT2D eigenvalue weighted by atomic mass is 32.2. The Morgan fingerprint density at radius 1 is 1.62 bits per heavy atom. The van der Waals surface area contributed by atoms with Crippen LogP contribution in [0.25, 0.3) is 11.5 Å². The maximum absolute atomic E-state index is 5.89. The average Bonchev–Trinajstić information content (AvgIpc) is 2.94. The van der Waals surface area contributed by atoms with Crippen molar-refractivity contribution in [1.29, 1.82) is 0 Å². The first kappa shape index (κ1) is 11.1. The van der Waals surface area contributed by atoms with Gasteiger partial charge in [0.05, 0.1) is 12.2 Å². The predicted octanol–water partition coefficient (Wildman–Crippen LogP) is 0.608. The van der Waals surface area contributed by atoms with E-state index in [0.717, 1.165) is 12.2 Å². The fraction of sp³-hybridized carbons (Fsp3) is 0.500. The molecular formula is C8H12N6OS. The molecular weight excluding hydrogens is 228 g/mol. The highest BCUT2D eigenvalue weighted by Crippen LogP contribution is 2.17. The van der Waals surface area contributed by atoms with Crippen LogP contribution in [0.3, 0.4) is 0 Å². The molecule has 0 aliphatic carbocycles. The summed E-state index contributed by atoms with van der Waals surface area (Å²) in [6.07, 6.45) is 4.37. The third kappa shape index (κ3) is 2.39. The number of rotatable bonds is 5. The number of aromatic nitrogens is 5. The van der Waals surface area contributed by atoms with E-state index >= 15 is 0 Å². The molecule has 1 atom stereocenters. The smallest absolute Gasteiger partial charge is 0.243 e. The second-order valence-corrected chi connectivity index (χ2v) is 4.19. The Bertz CT molecular complexity index is 427. The van der Waals surface area contributed by atoms with Crippen molar-refractivity contribution in [1.82, 2.24) is 25.6 Å². The third-order valence-electron chi connectivity index (χ3n) is 2.04. The van der Waals surface area contributed by atoms with Crippen LogP contribution in [0.5, 0.6) is 0 Å². The summed E-state index contributed by atoms with van der Waals surface area (Å²) in [4.78, 5) is 4.17. The Morgan fingerprint density at radius 3 is 3.19 bits per heavy atom. The molecule has 0 fully saturated rings. The van der Waals surface area contributed by atoms with Crippen molar-refractivity contribution in [2.24, 2.45) is 5.73 Å². The van der Waals surface area contributed by atoms with Gasteiger partial charge in [0.1, 0.15) is 0 Å². The zero-order chi connectivity index (χ0) is 11.4. The second kappa shape index (κ2) is 5.08. The highest BCUT2D eigenvalue weighted by molar-refractivity contribution is 7.98. The summed E-state index contributed by atoms with van der Waals surface area (Å²) >= 11 is 1.73. The van der Waals surface area contributed by atoms with Gasteiger partial charge in [0.15, 0.2) is 5.69 Å². The lowest BCUT2D eigenvalue weighted by Crippen LogP contribution is -2.11. The van der Waals surface area contributed by atoms with Gasteiger partial charge < -0.3 is 10.3 Å². The Kier molecular flexibility index (Phi) is 3.52. The molecule has 0 aromatic carbocycles. The van der Waals surface area contributed by atoms with Gasteiger partial charge in [-0.05, 0) is 18.4 Å². The monoisotopic (exact) mass is 240 g/mol. The molecule has 0 spiro atoms. The van der Waals surface area contributed by atoms with Crippen molar-refractivity contribution in [3.05, 3.63) is 12.1 Å². The van der Waals surface area contributed by atoms with Crippen molar-refractivity contribution in [2.45, 2.75) is 12.5 Å². The lowest BCUT2D eigenvalue weighted by Gasteiger charge is -2.03. The van der Waals surface area contributed by atoms with E-state index in [2.05, 4.69) is 25.6 Å². The Balaban J connectivity index is 2.07. The summed E-state index contributed by atoms with van der Waals surface area (Å²) in [6, 6.07) is -0.222. The molecule has 0 aliphatic heterocycles. The second-order valence-electron chi connectivity index (χ2n) is 3.20. The van der Waals surface area contributed by atoms with Gasteiger partial charge >= 0.3 is 0 Å². The number of aromatic amines is 1. The van der Waals surface area contributed by atoms with E-state index in [1.165, 1.54) is 6.20 Å². The van der Waals surface area contributed by atoms with Gasteiger partial charge in [0, 0.05) is 0 Å². The summed E-state index contributed by atoms with van der Waals surface area (Å²) in [5.41, 5.74) is 6.44. The molecule has 16 heavy (non-hydrogen) atoms. The van der Waals surface area contributed by atoms with E-state index in [1.54, 1.807) is 11.8 Å². The fourth-order valence-corrected chi connectivity index (χ4v) is 1.66. The number of nitrogens with two attached hydrogens (primary N) is 1. The third-order valence-corrected chi connectivity index (χ3v) is 2.68. The lowest BCUT2D eigenvalue weighted by molar-refractivity contribution is 0.353. The largest absolute Gasteiger partial charge is 0.337 e. The molecule has 2 aromatic heterocycles. The van der Waals surface area contributed by atoms with Crippen LogP contribution in [-0.2, 0) is 0 Å². The van der Waals surface area contributed by atoms with Gasteiger partial charge in [-0.15, -0.1) is 0 Å². The number of hydrogen-bond acceptors (Lipinski definition) is 7. The van der Waals surface area contributed by atoms with Gasteiger partial charge in [-0.1, -0.05) is 5.16 Å². The molecule has 0 aliphatic rings. The van der Waals surface area contributed by atoms with E-state index in [4.69, 9.17) is 10.3 Å². The van der Waals surface area contributed by atoms with Gasteiger partial charge in [-0.25, -0.2) is 0 Å². The number of thioether (sulfide) groups is 1. The number of H-pyrrole nitrogens is 1. The van der Waals surface area contributed by atoms with Crippen LogP contribution in [0.2, 0.25) is 0 Å². The van der Waals surface area contributed by atoms with Crippen molar-refractivity contribution < 1.29 is 4.52 Å². The fourth-order valence-electron chi connectivity index (χ4n) is 1.17. The zero-order valence-corrected chi connectivity index (χ0v) is 9.57. The minimum Gasteiger partial charge on any atom is -0.337 e. The van der Waals surface area contributed by atoms with Gasteiger partial charge in [-0.2, -0.15) is 32.2 Å². The Hall–Kier alpha value is -1.41. The molecule has 0 amide bonds. The summed E-state index contributed by atoms with van der Waals surface area (Å²) in [7, 11) is 0. The maximum atomic E-state index is 5.89. The van der Waals surface area contributed by atoms with Crippen LogP contribution >= 0.6 is 11.8 Å². The van der Waals surface area contributed by atoms with Crippen LogP contribution in [0.1, 0.15) is 18.4 Å². The normalized spacial score (nSPS) is 12.9. The number of nitrogens with zero attached hydrogens (tertiary/aromatic N) is 4. The molecule has 2 heterocycles. The molecule has 7 nitrogen and oxygen atoms in total. The summed E-state index contributed by atoms with van der Waals surface area (Å²) < 4.78 is 5.07. The minimum absolute atomic E-state index is 0.222. The first-order chi connectivity index (χ1) is 7.81. The molecule has 8 heteroatoms. The minimum atomic E-state index is -0.222. The molecule has 0 saturated carbocycles. The SMILES string of the molecule is CSCC[C@H](N)c1nc(-c2cn[nH]n2)no1.